The Balaban J connectivity index is 1.67. The van der Waals surface area contributed by atoms with E-state index in [9.17, 15) is 4.79 Å². The number of amides is 1. The van der Waals surface area contributed by atoms with Crippen molar-refractivity contribution in [3.63, 3.8) is 0 Å². The quantitative estimate of drug-likeness (QED) is 0.552. The van der Waals surface area contributed by atoms with E-state index < -0.39 is 0 Å². The number of ether oxygens (including phenoxy) is 1. The Kier molecular flexibility index (Phi) is 7.36. The molecule has 0 bridgehead atoms. The summed E-state index contributed by atoms with van der Waals surface area (Å²) in [7, 11) is 0. The summed E-state index contributed by atoms with van der Waals surface area (Å²) in [6.45, 7) is 9.04. The van der Waals surface area contributed by atoms with Gasteiger partial charge in [-0.25, -0.2) is 4.98 Å². The largest absolute Gasteiger partial charge is 0.438 e. The highest BCUT2D eigenvalue weighted by molar-refractivity contribution is 6.04. The van der Waals surface area contributed by atoms with Crippen LogP contribution in [0.15, 0.2) is 60.8 Å². The van der Waals surface area contributed by atoms with Crippen molar-refractivity contribution < 1.29 is 9.53 Å². The predicted octanol–water partition coefficient (Wildman–Crippen LogP) is 5.15. The van der Waals surface area contributed by atoms with Crippen molar-refractivity contribution in [2.45, 2.75) is 27.3 Å². The second-order valence-corrected chi connectivity index (χ2v) is 7.16. The molecular formula is C25H26N4O2. The average Bonchev–Trinajstić information content (AvgIpc) is 2.80. The number of rotatable bonds is 8. The van der Waals surface area contributed by atoms with Gasteiger partial charge in [0, 0.05) is 24.0 Å². The molecule has 2 aromatic carbocycles. The Morgan fingerprint density at radius 1 is 1.13 bits per heavy atom. The van der Waals surface area contributed by atoms with E-state index in [1.165, 1.54) is 5.56 Å². The Hall–Kier alpha value is -3.69. The number of aromatic nitrogens is 1. The normalized spacial score (nSPS) is 10.5. The Morgan fingerprint density at radius 3 is 2.52 bits per heavy atom. The highest BCUT2D eigenvalue weighted by atomic mass is 16.5. The van der Waals surface area contributed by atoms with E-state index in [4.69, 9.17) is 10.00 Å². The van der Waals surface area contributed by atoms with Crippen LogP contribution >= 0.6 is 0 Å². The van der Waals surface area contributed by atoms with Gasteiger partial charge < -0.3 is 10.1 Å². The first kappa shape index (κ1) is 22.0. The lowest BCUT2D eigenvalue weighted by Gasteiger charge is -2.18. The fraction of sp³-hybridized carbons (Fsp3) is 0.240. The van der Waals surface area contributed by atoms with Gasteiger partial charge in [0.25, 0.3) is 5.91 Å². The molecule has 0 atom stereocenters. The van der Waals surface area contributed by atoms with Crippen molar-refractivity contribution in [2.75, 3.05) is 18.4 Å². The van der Waals surface area contributed by atoms with Gasteiger partial charge in [-0.15, -0.1) is 0 Å². The zero-order chi connectivity index (χ0) is 22.2. The van der Waals surface area contributed by atoms with E-state index >= 15 is 0 Å². The van der Waals surface area contributed by atoms with E-state index in [0.717, 1.165) is 25.2 Å². The molecule has 0 spiro atoms. The van der Waals surface area contributed by atoms with Gasteiger partial charge in [0.1, 0.15) is 17.4 Å². The number of pyridine rings is 1. The molecule has 0 aliphatic heterocycles. The summed E-state index contributed by atoms with van der Waals surface area (Å²) < 4.78 is 5.74. The van der Waals surface area contributed by atoms with Gasteiger partial charge in [-0.1, -0.05) is 26.0 Å². The van der Waals surface area contributed by atoms with E-state index in [1.807, 2.05) is 31.2 Å². The number of nitrogens with zero attached hydrogens (tertiary/aromatic N) is 3. The van der Waals surface area contributed by atoms with E-state index in [0.29, 0.717) is 22.6 Å². The molecule has 0 saturated carbocycles. The highest BCUT2D eigenvalue weighted by Crippen LogP contribution is 2.27. The molecule has 0 unspecified atom stereocenters. The smallest absolute Gasteiger partial charge is 0.255 e. The van der Waals surface area contributed by atoms with Gasteiger partial charge in [0.05, 0.1) is 0 Å². The summed E-state index contributed by atoms with van der Waals surface area (Å²) in [4.78, 5) is 19.1. The number of nitrogens with one attached hydrogen (secondary N) is 1. The maximum Gasteiger partial charge on any atom is 0.255 e. The number of aryl methyl sites for hydroxylation is 1. The molecule has 0 aliphatic carbocycles. The second-order valence-electron chi connectivity index (χ2n) is 7.16. The van der Waals surface area contributed by atoms with Crippen LogP contribution in [-0.4, -0.2) is 28.9 Å². The second kappa shape index (κ2) is 10.4. The molecule has 6 nitrogen and oxygen atoms in total. The topological polar surface area (TPSA) is 78.2 Å². The lowest BCUT2D eigenvalue weighted by atomic mass is 10.1. The van der Waals surface area contributed by atoms with E-state index in [1.54, 1.807) is 36.5 Å². The first-order valence-corrected chi connectivity index (χ1v) is 10.3. The average molecular weight is 415 g/mol. The molecule has 31 heavy (non-hydrogen) atoms. The molecule has 0 aliphatic rings. The number of hydrogen-bond donors (Lipinski definition) is 1. The standard InChI is InChI=1S/C25H26N4O2/c1-4-29(5-2)17-19-8-10-20(11-9-19)24(30)28-23-13-12-22(15-18(23)3)31-25-21(16-26)7-6-14-27-25/h6-15H,4-5,17H2,1-3H3,(H,28,30). The molecule has 1 N–H and O–H groups in total. The molecule has 0 fully saturated rings. The SMILES string of the molecule is CCN(CC)Cc1ccc(C(=O)Nc2ccc(Oc3ncccc3C#N)cc2C)cc1. The van der Waals surface area contributed by atoms with Crippen molar-refractivity contribution in [3.05, 3.63) is 83.0 Å². The number of hydrogen-bond acceptors (Lipinski definition) is 5. The monoisotopic (exact) mass is 414 g/mol. The minimum absolute atomic E-state index is 0.164. The lowest BCUT2D eigenvalue weighted by molar-refractivity contribution is 0.102. The van der Waals surface area contributed by atoms with Crippen LogP contribution in [0.1, 0.15) is 40.9 Å². The van der Waals surface area contributed by atoms with Crippen molar-refractivity contribution >= 4 is 11.6 Å². The maximum absolute atomic E-state index is 12.7. The number of anilines is 1. The molecule has 0 saturated heterocycles. The molecule has 158 valence electrons. The van der Waals surface area contributed by atoms with Crippen LogP contribution in [-0.2, 0) is 6.54 Å². The fourth-order valence-corrected chi connectivity index (χ4v) is 3.17. The Bertz CT molecular complexity index is 1080. The van der Waals surface area contributed by atoms with Gasteiger partial charge in [-0.3, -0.25) is 9.69 Å². The van der Waals surface area contributed by atoms with Gasteiger partial charge in [0.2, 0.25) is 5.88 Å². The minimum Gasteiger partial charge on any atom is -0.438 e. The van der Waals surface area contributed by atoms with Crippen molar-refractivity contribution in [1.82, 2.24) is 9.88 Å². The van der Waals surface area contributed by atoms with Crippen molar-refractivity contribution in [3.8, 4) is 17.7 Å². The zero-order valence-corrected chi connectivity index (χ0v) is 18.1. The van der Waals surface area contributed by atoms with Crippen LogP contribution in [0.2, 0.25) is 0 Å². The van der Waals surface area contributed by atoms with E-state index in [-0.39, 0.29) is 11.8 Å². The van der Waals surface area contributed by atoms with Crippen LogP contribution in [0.4, 0.5) is 5.69 Å². The minimum atomic E-state index is -0.164. The third-order valence-corrected chi connectivity index (χ3v) is 5.07. The number of benzene rings is 2. The van der Waals surface area contributed by atoms with Gasteiger partial charge in [-0.05, 0) is 73.6 Å². The van der Waals surface area contributed by atoms with E-state index in [2.05, 4.69) is 35.1 Å². The molecule has 1 heterocycles. The molecule has 1 amide bonds. The summed E-state index contributed by atoms with van der Waals surface area (Å²) >= 11 is 0. The molecule has 1 aromatic heterocycles. The third-order valence-electron chi connectivity index (χ3n) is 5.07. The highest BCUT2D eigenvalue weighted by Gasteiger charge is 2.11. The summed E-state index contributed by atoms with van der Waals surface area (Å²) in [5.41, 5.74) is 3.70. The molecule has 0 radical (unpaired) electrons. The number of carbonyl (C=O) groups excluding carboxylic acids is 1. The molecule has 6 heteroatoms. The van der Waals surface area contributed by atoms with Crippen molar-refractivity contribution in [2.24, 2.45) is 0 Å². The Morgan fingerprint density at radius 2 is 1.87 bits per heavy atom. The summed E-state index contributed by atoms with van der Waals surface area (Å²) in [5, 5.41) is 12.1. The summed E-state index contributed by atoms with van der Waals surface area (Å²) in [5.74, 6) is 0.639. The molecule has 3 rings (SSSR count). The molecule has 3 aromatic rings. The van der Waals surface area contributed by atoms with Crippen molar-refractivity contribution in [1.29, 1.82) is 5.26 Å². The number of nitriles is 1. The van der Waals surface area contributed by atoms with Crippen LogP contribution < -0.4 is 10.1 Å². The van der Waals surface area contributed by atoms with Gasteiger partial charge in [-0.2, -0.15) is 5.26 Å². The third kappa shape index (κ3) is 5.68. The fourth-order valence-electron chi connectivity index (χ4n) is 3.17. The van der Waals surface area contributed by atoms with Crippen LogP contribution in [0.3, 0.4) is 0 Å². The summed E-state index contributed by atoms with van der Waals surface area (Å²) in [6.07, 6.45) is 1.57. The molecular weight excluding hydrogens is 388 g/mol. The van der Waals surface area contributed by atoms with Gasteiger partial charge in [0.15, 0.2) is 0 Å². The van der Waals surface area contributed by atoms with Gasteiger partial charge >= 0.3 is 0 Å². The van der Waals surface area contributed by atoms with Crippen LogP contribution in [0.25, 0.3) is 0 Å². The maximum atomic E-state index is 12.7. The van der Waals surface area contributed by atoms with Crippen LogP contribution in [0, 0.1) is 18.3 Å². The predicted molar refractivity (Wildman–Crippen MR) is 121 cm³/mol. The first-order valence-electron chi connectivity index (χ1n) is 10.3. The number of carbonyl (C=O) groups is 1. The first-order chi connectivity index (χ1) is 15.0. The van der Waals surface area contributed by atoms with Crippen LogP contribution in [0.5, 0.6) is 11.6 Å². The zero-order valence-electron chi connectivity index (χ0n) is 18.1. The Labute approximate surface area is 183 Å². The summed E-state index contributed by atoms with van der Waals surface area (Å²) in [6, 6.07) is 18.4. The lowest BCUT2D eigenvalue weighted by Crippen LogP contribution is -2.22.